The Morgan fingerprint density at radius 1 is 0.938 bits per heavy atom. The molecule has 1 saturated carbocycles. The first-order valence-corrected chi connectivity index (χ1v) is 12.9. The molecule has 8 nitrogen and oxygen atoms in total. The summed E-state index contributed by atoms with van der Waals surface area (Å²) in [5.41, 5.74) is 0. The number of hydrogen-bond acceptors (Lipinski definition) is 6. The van der Waals surface area contributed by atoms with E-state index in [9.17, 15) is 9.59 Å². The minimum Gasteiger partial charge on any atom is -0.481 e. The first-order chi connectivity index (χ1) is 15.5. The van der Waals surface area contributed by atoms with E-state index in [4.69, 9.17) is 9.84 Å². The van der Waals surface area contributed by atoms with Crippen LogP contribution in [0.2, 0.25) is 0 Å². The number of rotatable bonds is 8. The maximum atomic E-state index is 12.6. The van der Waals surface area contributed by atoms with Gasteiger partial charge in [0.2, 0.25) is 0 Å². The molecule has 0 bridgehead atoms. The molecule has 2 unspecified atom stereocenters. The van der Waals surface area contributed by atoms with E-state index < -0.39 is 5.97 Å². The number of amides is 1. The van der Waals surface area contributed by atoms with Crippen molar-refractivity contribution in [2.45, 2.75) is 83.0 Å². The molecule has 4 aliphatic rings. The van der Waals surface area contributed by atoms with Crippen molar-refractivity contribution < 1.29 is 19.4 Å². The second kappa shape index (κ2) is 11.2. The maximum Gasteiger partial charge on any atom is 0.411 e. The number of carboxylic acid groups (broad SMARTS) is 1. The summed E-state index contributed by atoms with van der Waals surface area (Å²) in [4.78, 5) is 32.5. The van der Waals surface area contributed by atoms with E-state index >= 15 is 0 Å². The quantitative estimate of drug-likeness (QED) is 0.609. The fourth-order valence-corrected chi connectivity index (χ4v) is 6.13. The molecule has 1 N–H and O–H groups in total. The molecule has 3 aliphatic heterocycles. The molecular formula is C24H42N4O4. The van der Waals surface area contributed by atoms with Gasteiger partial charge in [0, 0.05) is 45.3 Å². The molecule has 1 amide bonds. The molecule has 4 fully saturated rings. The lowest BCUT2D eigenvalue weighted by Gasteiger charge is -2.40. The number of carbonyl (C=O) groups is 2. The van der Waals surface area contributed by atoms with Crippen molar-refractivity contribution in [3.05, 3.63) is 0 Å². The van der Waals surface area contributed by atoms with Crippen LogP contribution in [0.4, 0.5) is 4.79 Å². The number of carboxylic acids is 1. The zero-order chi connectivity index (χ0) is 22.5. The van der Waals surface area contributed by atoms with Crippen LogP contribution in [-0.2, 0) is 9.53 Å². The fraction of sp³-hybridized carbons (Fsp3) is 0.917. The van der Waals surface area contributed by atoms with Crippen LogP contribution in [0.25, 0.3) is 0 Å². The fourth-order valence-electron chi connectivity index (χ4n) is 6.13. The van der Waals surface area contributed by atoms with Gasteiger partial charge in [0.25, 0.3) is 0 Å². The highest BCUT2D eigenvalue weighted by Gasteiger charge is 2.42. The van der Waals surface area contributed by atoms with E-state index in [0.717, 1.165) is 45.2 Å². The van der Waals surface area contributed by atoms with E-state index in [-0.39, 0.29) is 24.8 Å². The Labute approximate surface area is 192 Å². The van der Waals surface area contributed by atoms with Crippen molar-refractivity contribution >= 4 is 12.1 Å². The van der Waals surface area contributed by atoms with Gasteiger partial charge in [-0.3, -0.25) is 9.69 Å². The third kappa shape index (κ3) is 5.94. The van der Waals surface area contributed by atoms with Crippen LogP contribution in [-0.4, -0.2) is 107 Å². The molecular weight excluding hydrogens is 408 g/mol. The molecule has 2 atom stereocenters. The SMILES string of the molecule is CC1C(N2CCN(CCC(=O)O)CC2)OC(=O)N1CCC1CCN(C2CCCCC2)CC1. The predicted octanol–water partition coefficient (Wildman–Crippen LogP) is 2.68. The van der Waals surface area contributed by atoms with Gasteiger partial charge < -0.3 is 24.5 Å². The normalized spacial score (nSPS) is 30.0. The molecule has 8 heteroatoms. The molecule has 3 heterocycles. The van der Waals surface area contributed by atoms with Gasteiger partial charge in [0.15, 0.2) is 6.23 Å². The van der Waals surface area contributed by atoms with E-state index in [1.165, 1.54) is 58.0 Å². The summed E-state index contributed by atoms with van der Waals surface area (Å²) in [5, 5.41) is 8.88. The summed E-state index contributed by atoms with van der Waals surface area (Å²) in [6.45, 7) is 9.23. The summed E-state index contributed by atoms with van der Waals surface area (Å²) < 4.78 is 5.79. The van der Waals surface area contributed by atoms with Gasteiger partial charge in [0.1, 0.15) is 0 Å². The molecule has 0 aromatic carbocycles. The number of piperidine rings is 1. The molecule has 182 valence electrons. The Morgan fingerprint density at radius 3 is 2.28 bits per heavy atom. The number of carbonyl (C=O) groups excluding carboxylic acids is 1. The third-order valence-electron chi connectivity index (χ3n) is 8.29. The van der Waals surface area contributed by atoms with Crippen LogP contribution in [0.15, 0.2) is 0 Å². The molecule has 4 rings (SSSR count). The Bertz CT molecular complexity index is 625. The Hall–Kier alpha value is -1.38. The Morgan fingerprint density at radius 2 is 1.62 bits per heavy atom. The summed E-state index contributed by atoms with van der Waals surface area (Å²) >= 11 is 0. The minimum atomic E-state index is -0.749. The lowest BCUT2D eigenvalue weighted by atomic mass is 9.89. The van der Waals surface area contributed by atoms with E-state index in [2.05, 4.69) is 21.6 Å². The smallest absolute Gasteiger partial charge is 0.411 e. The molecule has 3 saturated heterocycles. The lowest BCUT2D eigenvalue weighted by Crippen LogP contribution is -2.53. The van der Waals surface area contributed by atoms with Gasteiger partial charge >= 0.3 is 12.1 Å². The molecule has 0 aromatic heterocycles. The second-order valence-electron chi connectivity index (χ2n) is 10.3. The van der Waals surface area contributed by atoms with Crippen molar-refractivity contribution in [1.29, 1.82) is 0 Å². The number of piperazine rings is 1. The van der Waals surface area contributed by atoms with Gasteiger partial charge in [-0.1, -0.05) is 19.3 Å². The van der Waals surface area contributed by atoms with Gasteiger partial charge in [-0.2, -0.15) is 0 Å². The number of likely N-dealkylation sites (tertiary alicyclic amines) is 1. The highest BCUT2D eigenvalue weighted by Crippen LogP contribution is 2.30. The van der Waals surface area contributed by atoms with Crippen molar-refractivity contribution in [3.63, 3.8) is 0 Å². The number of hydrogen-bond donors (Lipinski definition) is 1. The molecule has 32 heavy (non-hydrogen) atoms. The monoisotopic (exact) mass is 450 g/mol. The zero-order valence-electron chi connectivity index (χ0n) is 19.8. The van der Waals surface area contributed by atoms with Crippen molar-refractivity contribution in [2.24, 2.45) is 5.92 Å². The van der Waals surface area contributed by atoms with Crippen molar-refractivity contribution in [2.75, 3.05) is 52.4 Å². The second-order valence-corrected chi connectivity index (χ2v) is 10.3. The predicted molar refractivity (Wildman–Crippen MR) is 122 cm³/mol. The average Bonchev–Trinajstić information content (AvgIpc) is 3.10. The van der Waals surface area contributed by atoms with Crippen LogP contribution in [0.3, 0.4) is 0 Å². The summed E-state index contributed by atoms with van der Waals surface area (Å²) in [7, 11) is 0. The number of cyclic esters (lactones) is 1. The van der Waals surface area contributed by atoms with Gasteiger partial charge in [-0.15, -0.1) is 0 Å². The molecule has 1 aliphatic carbocycles. The van der Waals surface area contributed by atoms with E-state index in [1.54, 1.807) is 0 Å². The summed E-state index contributed by atoms with van der Waals surface area (Å²) in [6, 6.07) is 0.888. The molecule has 0 spiro atoms. The van der Waals surface area contributed by atoms with Crippen LogP contribution >= 0.6 is 0 Å². The minimum absolute atomic E-state index is 0.0652. The van der Waals surface area contributed by atoms with E-state index in [1.807, 2.05) is 4.90 Å². The maximum absolute atomic E-state index is 12.6. The highest BCUT2D eigenvalue weighted by molar-refractivity contribution is 5.70. The van der Waals surface area contributed by atoms with Crippen LogP contribution < -0.4 is 0 Å². The lowest BCUT2D eigenvalue weighted by molar-refractivity contribution is -0.137. The summed E-state index contributed by atoms with van der Waals surface area (Å²) in [5.74, 6) is -0.0345. The highest BCUT2D eigenvalue weighted by atomic mass is 16.6. The Kier molecular flexibility index (Phi) is 8.29. The third-order valence-corrected chi connectivity index (χ3v) is 8.29. The van der Waals surface area contributed by atoms with Gasteiger partial charge in [-0.05, 0) is 58.0 Å². The zero-order valence-corrected chi connectivity index (χ0v) is 19.8. The van der Waals surface area contributed by atoms with Gasteiger partial charge in [0.05, 0.1) is 12.5 Å². The number of nitrogens with zero attached hydrogens (tertiary/aromatic N) is 4. The number of ether oxygens (including phenoxy) is 1. The van der Waals surface area contributed by atoms with Crippen molar-refractivity contribution in [1.82, 2.24) is 19.6 Å². The topological polar surface area (TPSA) is 76.6 Å². The van der Waals surface area contributed by atoms with Crippen molar-refractivity contribution in [3.8, 4) is 0 Å². The van der Waals surface area contributed by atoms with E-state index in [0.29, 0.717) is 12.5 Å². The summed E-state index contributed by atoms with van der Waals surface area (Å²) in [6.07, 6.45) is 10.4. The average molecular weight is 451 g/mol. The standard InChI is InChI=1S/C24H42N4O4/c1-19-23(27-17-15-25(16-18-27)11-10-22(29)30)32-24(31)28(19)14-9-20-7-12-26(13-8-20)21-5-3-2-4-6-21/h19-21,23H,2-18H2,1H3,(H,29,30). The Balaban J connectivity index is 1.18. The first kappa shape index (κ1) is 23.8. The molecule has 0 aromatic rings. The van der Waals surface area contributed by atoms with Crippen LogP contribution in [0, 0.1) is 5.92 Å². The first-order valence-electron chi connectivity index (χ1n) is 12.9. The van der Waals surface area contributed by atoms with Crippen LogP contribution in [0.1, 0.15) is 64.7 Å². The van der Waals surface area contributed by atoms with Gasteiger partial charge in [-0.25, -0.2) is 4.79 Å². The largest absolute Gasteiger partial charge is 0.481 e. The number of aliphatic carboxylic acids is 1. The molecule has 0 radical (unpaired) electrons. The van der Waals surface area contributed by atoms with Crippen LogP contribution in [0.5, 0.6) is 0 Å².